The summed E-state index contributed by atoms with van der Waals surface area (Å²) in [5, 5.41) is 1.92. The Kier molecular flexibility index (Phi) is 3.74. The van der Waals surface area contributed by atoms with Crippen LogP contribution in [0.25, 0.3) is 10.8 Å². The van der Waals surface area contributed by atoms with Crippen LogP contribution in [-0.4, -0.2) is 13.4 Å². The summed E-state index contributed by atoms with van der Waals surface area (Å²) in [6.07, 6.45) is 1.59. The molecule has 0 spiro atoms. The minimum Gasteiger partial charge on any atom is -0.444 e. The molecule has 1 aromatic heterocycles. The zero-order valence-corrected chi connectivity index (χ0v) is 13.3. The van der Waals surface area contributed by atoms with Crippen LogP contribution >= 0.6 is 0 Å². The fourth-order valence-corrected chi connectivity index (χ4v) is 3.47. The third-order valence-corrected chi connectivity index (χ3v) is 5.13. The van der Waals surface area contributed by atoms with E-state index in [0.717, 1.165) is 10.8 Å². The highest BCUT2D eigenvalue weighted by Crippen LogP contribution is 2.23. The molecule has 3 aromatic rings. The van der Waals surface area contributed by atoms with Gasteiger partial charge in [-0.3, -0.25) is 0 Å². The van der Waals surface area contributed by atoms with E-state index in [2.05, 4.69) is 4.98 Å². The lowest BCUT2D eigenvalue weighted by atomic mass is 10.1. The topological polar surface area (TPSA) is 60.2 Å². The predicted molar refractivity (Wildman–Crippen MR) is 85.4 cm³/mol. The Labute approximate surface area is 129 Å². The van der Waals surface area contributed by atoms with Crippen molar-refractivity contribution >= 4 is 20.6 Å². The maximum absolute atomic E-state index is 12.5. The molecule has 3 rings (SSSR count). The van der Waals surface area contributed by atoms with Crippen molar-refractivity contribution in [2.45, 2.75) is 30.4 Å². The minimum atomic E-state index is -3.47. The van der Waals surface area contributed by atoms with Gasteiger partial charge in [-0.1, -0.05) is 44.2 Å². The molecule has 0 unspecified atom stereocenters. The lowest BCUT2D eigenvalue weighted by Gasteiger charge is -2.04. The molecular formula is C17H17NO3S. The molecule has 22 heavy (non-hydrogen) atoms. The molecule has 1 heterocycles. The van der Waals surface area contributed by atoms with Gasteiger partial charge in [0.2, 0.25) is 5.89 Å². The van der Waals surface area contributed by atoms with Crippen LogP contribution in [-0.2, 0) is 15.6 Å². The third-order valence-electron chi connectivity index (χ3n) is 3.53. The Bertz CT molecular complexity index is 910. The molecule has 0 saturated heterocycles. The van der Waals surface area contributed by atoms with Gasteiger partial charge in [0.1, 0.15) is 11.5 Å². The van der Waals surface area contributed by atoms with Gasteiger partial charge >= 0.3 is 0 Å². The highest BCUT2D eigenvalue weighted by Gasteiger charge is 2.19. The van der Waals surface area contributed by atoms with E-state index in [1.54, 1.807) is 18.3 Å². The number of benzene rings is 2. The van der Waals surface area contributed by atoms with Crippen molar-refractivity contribution in [2.24, 2.45) is 0 Å². The second-order valence-corrected chi connectivity index (χ2v) is 7.57. The fraction of sp³-hybridized carbons (Fsp3) is 0.235. The zero-order valence-electron chi connectivity index (χ0n) is 12.5. The van der Waals surface area contributed by atoms with Crippen LogP contribution in [0.4, 0.5) is 0 Å². The molecule has 5 heteroatoms. The van der Waals surface area contributed by atoms with Gasteiger partial charge in [0.15, 0.2) is 9.84 Å². The average Bonchev–Trinajstić information content (AvgIpc) is 2.95. The second-order valence-electron chi connectivity index (χ2n) is 5.58. The van der Waals surface area contributed by atoms with Gasteiger partial charge in [-0.15, -0.1) is 0 Å². The van der Waals surface area contributed by atoms with E-state index in [9.17, 15) is 8.42 Å². The van der Waals surface area contributed by atoms with Gasteiger partial charge < -0.3 is 4.42 Å². The summed E-state index contributed by atoms with van der Waals surface area (Å²) in [6, 6.07) is 12.8. The van der Waals surface area contributed by atoms with E-state index in [1.807, 2.05) is 44.2 Å². The quantitative estimate of drug-likeness (QED) is 0.732. The van der Waals surface area contributed by atoms with Crippen LogP contribution in [0.2, 0.25) is 0 Å². The largest absolute Gasteiger partial charge is 0.444 e. The Morgan fingerprint density at radius 1 is 1.09 bits per heavy atom. The molecule has 0 radical (unpaired) electrons. The maximum atomic E-state index is 12.5. The smallest absolute Gasteiger partial charge is 0.209 e. The van der Waals surface area contributed by atoms with Crippen molar-refractivity contribution in [1.29, 1.82) is 0 Å². The number of hydrogen-bond acceptors (Lipinski definition) is 4. The molecule has 0 fully saturated rings. The molecule has 4 nitrogen and oxygen atoms in total. The molecule has 0 N–H and O–H groups in total. The number of fused-ring (bicyclic) bond motifs is 1. The number of aromatic nitrogens is 1. The van der Waals surface area contributed by atoms with Crippen LogP contribution < -0.4 is 0 Å². The van der Waals surface area contributed by atoms with Gasteiger partial charge in [0, 0.05) is 5.92 Å². The zero-order chi connectivity index (χ0) is 15.7. The molecule has 0 atom stereocenters. The summed E-state index contributed by atoms with van der Waals surface area (Å²) >= 11 is 0. The van der Waals surface area contributed by atoms with Crippen LogP contribution in [0, 0.1) is 0 Å². The van der Waals surface area contributed by atoms with Crippen molar-refractivity contribution in [3.8, 4) is 0 Å². The predicted octanol–water partition coefficient (Wildman–Crippen LogP) is 3.93. The minimum absolute atomic E-state index is 0.185. The van der Waals surface area contributed by atoms with Crippen molar-refractivity contribution in [1.82, 2.24) is 4.98 Å². The molecule has 114 valence electrons. The molecule has 0 aliphatic heterocycles. The van der Waals surface area contributed by atoms with E-state index < -0.39 is 9.84 Å². The number of rotatable bonds is 4. The van der Waals surface area contributed by atoms with Crippen LogP contribution in [0.15, 0.2) is 58.0 Å². The average molecular weight is 315 g/mol. The highest BCUT2D eigenvalue weighted by atomic mass is 32.2. The number of oxazole rings is 1. The first kappa shape index (κ1) is 14.8. The van der Waals surface area contributed by atoms with Crippen LogP contribution in [0.1, 0.15) is 31.4 Å². The van der Waals surface area contributed by atoms with Gasteiger partial charge in [0.05, 0.1) is 11.1 Å². The van der Waals surface area contributed by atoms with Crippen LogP contribution in [0.5, 0.6) is 0 Å². The maximum Gasteiger partial charge on any atom is 0.209 e. The van der Waals surface area contributed by atoms with Crippen molar-refractivity contribution in [3.05, 3.63) is 60.3 Å². The summed E-state index contributed by atoms with van der Waals surface area (Å²) in [7, 11) is -3.47. The third kappa shape index (κ3) is 2.90. The number of nitrogens with zero attached hydrogens (tertiary/aromatic N) is 1. The normalized spacial score (nSPS) is 12.1. The van der Waals surface area contributed by atoms with E-state index in [1.165, 1.54) is 0 Å². The molecule has 0 bridgehead atoms. The molecule has 0 aliphatic carbocycles. The standard InChI is InChI=1S/C17H17NO3S/c1-12(2)16-10-18-17(21-16)11-22(19,20)15-8-7-13-5-3-4-6-14(13)9-15/h3-10,12H,11H2,1-2H3. The van der Waals surface area contributed by atoms with E-state index in [0.29, 0.717) is 5.76 Å². The number of sulfone groups is 1. The van der Waals surface area contributed by atoms with Crippen molar-refractivity contribution in [3.63, 3.8) is 0 Å². The summed E-state index contributed by atoms with van der Waals surface area (Å²) in [5.41, 5.74) is 0. The fourth-order valence-electron chi connectivity index (χ4n) is 2.26. The summed E-state index contributed by atoms with van der Waals surface area (Å²) in [5.74, 6) is 0.892. The van der Waals surface area contributed by atoms with Gasteiger partial charge in [-0.25, -0.2) is 13.4 Å². The summed E-state index contributed by atoms with van der Waals surface area (Å²) in [6.45, 7) is 3.95. The number of hydrogen-bond donors (Lipinski definition) is 0. The first-order valence-corrected chi connectivity index (χ1v) is 8.77. The second kappa shape index (κ2) is 5.57. The monoisotopic (exact) mass is 315 g/mol. The van der Waals surface area contributed by atoms with Gasteiger partial charge in [-0.2, -0.15) is 0 Å². The van der Waals surface area contributed by atoms with E-state index in [4.69, 9.17) is 4.42 Å². The SMILES string of the molecule is CC(C)c1cnc(CS(=O)(=O)c2ccc3ccccc3c2)o1. The van der Waals surface area contributed by atoms with Crippen LogP contribution in [0.3, 0.4) is 0 Å². The van der Waals surface area contributed by atoms with E-state index >= 15 is 0 Å². The first-order chi connectivity index (χ1) is 10.5. The summed E-state index contributed by atoms with van der Waals surface area (Å²) < 4.78 is 30.5. The Morgan fingerprint density at radius 2 is 1.82 bits per heavy atom. The van der Waals surface area contributed by atoms with Crippen molar-refractivity contribution in [2.75, 3.05) is 0 Å². The van der Waals surface area contributed by atoms with Gasteiger partial charge in [0.25, 0.3) is 0 Å². The Morgan fingerprint density at radius 3 is 2.50 bits per heavy atom. The highest BCUT2D eigenvalue weighted by molar-refractivity contribution is 7.90. The molecule has 0 saturated carbocycles. The molecular weight excluding hydrogens is 298 g/mol. The Hall–Kier alpha value is -2.14. The van der Waals surface area contributed by atoms with Crippen molar-refractivity contribution < 1.29 is 12.8 Å². The summed E-state index contributed by atoms with van der Waals surface area (Å²) in [4.78, 5) is 4.35. The molecule has 0 amide bonds. The van der Waals surface area contributed by atoms with E-state index in [-0.39, 0.29) is 22.5 Å². The molecule has 0 aliphatic rings. The van der Waals surface area contributed by atoms with Gasteiger partial charge in [-0.05, 0) is 22.9 Å². The molecule has 2 aromatic carbocycles. The lowest BCUT2D eigenvalue weighted by molar-refractivity contribution is 0.450. The Balaban J connectivity index is 1.93. The first-order valence-electron chi connectivity index (χ1n) is 7.12. The lowest BCUT2D eigenvalue weighted by Crippen LogP contribution is -2.05.